The van der Waals surface area contributed by atoms with Crippen molar-refractivity contribution in [1.29, 1.82) is 0 Å². The fourth-order valence-corrected chi connectivity index (χ4v) is 4.36. The van der Waals surface area contributed by atoms with Crippen LogP contribution >= 0.6 is 11.8 Å². The lowest BCUT2D eigenvalue weighted by molar-refractivity contribution is 0.304. The number of nitrogens with one attached hydrogen (secondary N) is 1. The third kappa shape index (κ3) is 3.96. The number of nitrogens with zero attached hydrogens (tertiary/aromatic N) is 2. The van der Waals surface area contributed by atoms with E-state index in [0.29, 0.717) is 6.10 Å². The van der Waals surface area contributed by atoms with E-state index in [2.05, 4.69) is 64.9 Å². The van der Waals surface area contributed by atoms with Gasteiger partial charge in [-0.2, -0.15) is 0 Å². The number of para-hydroxylation sites is 1. The molecule has 1 N–H and O–H groups in total. The van der Waals surface area contributed by atoms with Crippen LogP contribution in [-0.4, -0.2) is 22.3 Å². The van der Waals surface area contributed by atoms with Gasteiger partial charge in [0.2, 0.25) is 0 Å². The van der Waals surface area contributed by atoms with Gasteiger partial charge in [0.1, 0.15) is 5.75 Å². The van der Waals surface area contributed by atoms with Crippen molar-refractivity contribution in [3.63, 3.8) is 0 Å². The number of thioether (sulfide) groups is 1. The summed E-state index contributed by atoms with van der Waals surface area (Å²) in [7, 11) is 0. The van der Waals surface area contributed by atoms with E-state index in [4.69, 9.17) is 4.74 Å². The maximum absolute atomic E-state index is 6.22. The quantitative estimate of drug-likeness (QED) is 0.491. The summed E-state index contributed by atoms with van der Waals surface area (Å²) in [5.41, 5.74) is 6.18. The van der Waals surface area contributed by atoms with Gasteiger partial charge in [-0.15, -0.1) is 11.8 Å². The second kappa shape index (κ2) is 8.05. The largest absolute Gasteiger partial charge is 0.490 e. The molecule has 154 valence electrons. The van der Waals surface area contributed by atoms with Gasteiger partial charge < -0.3 is 10.1 Å². The second-order valence-corrected chi connectivity index (χ2v) is 9.15. The van der Waals surface area contributed by atoms with Crippen LogP contribution in [0.3, 0.4) is 0 Å². The molecular formula is C25H27N3OS. The number of aromatic nitrogens is 2. The van der Waals surface area contributed by atoms with Gasteiger partial charge in [-0.1, -0.05) is 18.2 Å². The minimum absolute atomic E-state index is 0.0223. The third-order valence-corrected chi connectivity index (χ3v) is 6.74. The fraction of sp³-hybridized carbons (Fsp3) is 0.360. The average molecular weight is 418 g/mol. The van der Waals surface area contributed by atoms with Crippen molar-refractivity contribution in [2.24, 2.45) is 0 Å². The smallest absolute Gasteiger partial charge is 0.127 e. The van der Waals surface area contributed by atoms with Crippen molar-refractivity contribution in [3.8, 4) is 16.9 Å². The molecule has 3 aromatic rings. The van der Waals surface area contributed by atoms with E-state index < -0.39 is 0 Å². The summed E-state index contributed by atoms with van der Waals surface area (Å²) in [5.74, 6) is 0.984. The SMILES string of the molecule is CSc1cc(CNC2(c3cnccc3-c3ccccc3OC3CC3)CC2)c(C)cn1. The van der Waals surface area contributed by atoms with Crippen molar-refractivity contribution in [2.45, 2.75) is 55.8 Å². The molecule has 2 saturated carbocycles. The van der Waals surface area contributed by atoms with E-state index in [9.17, 15) is 0 Å². The van der Waals surface area contributed by atoms with E-state index in [1.54, 1.807) is 11.8 Å². The lowest BCUT2D eigenvalue weighted by Gasteiger charge is -2.23. The molecule has 2 aliphatic rings. The molecule has 30 heavy (non-hydrogen) atoms. The van der Waals surface area contributed by atoms with Crippen molar-refractivity contribution in [1.82, 2.24) is 15.3 Å². The summed E-state index contributed by atoms with van der Waals surface area (Å²) < 4.78 is 6.22. The first-order chi connectivity index (χ1) is 14.7. The van der Waals surface area contributed by atoms with Crippen LogP contribution in [0, 0.1) is 6.92 Å². The molecule has 5 rings (SSSR count). The Morgan fingerprint density at radius 3 is 2.73 bits per heavy atom. The van der Waals surface area contributed by atoms with E-state index in [1.807, 2.05) is 18.6 Å². The van der Waals surface area contributed by atoms with Crippen LogP contribution in [0.4, 0.5) is 0 Å². The van der Waals surface area contributed by atoms with E-state index in [0.717, 1.165) is 43.0 Å². The third-order valence-electron chi connectivity index (χ3n) is 6.10. The lowest BCUT2D eigenvalue weighted by Crippen LogP contribution is -2.29. The monoisotopic (exact) mass is 417 g/mol. The summed E-state index contributed by atoms with van der Waals surface area (Å²) in [6, 6.07) is 12.8. The topological polar surface area (TPSA) is 47.0 Å². The van der Waals surface area contributed by atoms with Crippen LogP contribution in [0.1, 0.15) is 42.4 Å². The van der Waals surface area contributed by atoms with Crippen molar-refractivity contribution < 1.29 is 4.74 Å². The molecule has 0 radical (unpaired) electrons. The van der Waals surface area contributed by atoms with Gasteiger partial charge in [0, 0.05) is 36.2 Å². The zero-order chi connectivity index (χ0) is 20.6. The van der Waals surface area contributed by atoms with Gasteiger partial charge >= 0.3 is 0 Å². The average Bonchev–Trinajstić information content (AvgIpc) is 3.71. The Bertz CT molecular complexity index is 1060. The highest BCUT2D eigenvalue weighted by molar-refractivity contribution is 7.98. The number of pyridine rings is 2. The molecule has 0 amide bonds. The normalized spacial score (nSPS) is 17.0. The number of benzene rings is 1. The van der Waals surface area contributed by atoms with Gasteiger partial charge in [0.15, 0.2) is 0 Å². The zero-order valence-corrected chi connectivity index (χ0v) is 18.3. The highest BCUT2D eigenvalue weighted by atomic mass is 32.2. The Balaban J connectivity index is 1.44. The first kappa shape index (κ1) is 19.6. The molecule has 2 aromatic heterocycles. The molecule has 2 fully saturated rings. The molecule has 0 unspecified atom stereocenters. The molecule has 0 aliphatic heterocycles. The molecule has 4 nitrogen and oxygen atoms in total. The van der Waals surface area contributed by atoms with Crippen molar-refractivity contribution >= 4 is 11.8 Å². The number of ether oxygens (including phenoxy) is 1. The molecule has 5 heteroatoms. The lowest BCUT2D eigenvalue weighted by atomic mass is 9.94. The number of hydrogen-bond acceptors (Lipinski definition) is 5. The molecule has 2 heterocycles. The highest BCUT2D eigenvalue weighted by Gasteiger charge is 2.45. The van der Waals surface area contributed by atoms with Gasteiger partial charge in [0.25, 0.3) is 0 Å². The molecule has 0 bridgehead atoms. The molecule has 0 spiro atoms. The molecular weight excluding hydrogens is 390 g/mol. The van der Waals surface area contributed by atoms with Crippen LogP contribution in [0.5, 0.6) is 5.75 Å². The van der Waals surface area contributed by atoms with Crippen LogP contribution in [-0.2, 0) is 12.1 Å². The molecule has 0 saturated heterocycles. The van der Waals surface area contributed by atoms with Gasteiger partial charge in [-0.25, -0.2) is 4.98 Å². The summed E-state index contributed by atoms with van der Waals surface area (Å²) in [6.07, 6.45) is 12.9. The summed E-state index contributed by atoms with van der Waals surface area (Å²) in [5, 5.41) is 4.92. The first-order valence-corrected chi connectivity index (χ1v) is 11.9. The van der Waals surface area contributed by atoms with Crippen molar-refractivity contribution in [3.05, 3.63) is 71.7 Å². The standard InChI is InChI=1S/C25H27N3OS/c1-17-14-27-24(30-2)13-18(17)15-28-25(10-11-25)22-16-26-12-9-20(22)21-5-3-4-6-23(21)29-19-7-8-19/h3-6,9,12-14,16,19,28H,7-8,10-11,15H2,1-2H3. The molecule has 0 atom stereocenters. The molecule has 1 aromatic carbocycles. The second-order valence-electron chi connectivity index (χ2n) is 8.32. The maximum atomic E-state index is 6.22. The van der Waals surface area contributed by atoms with Crippen LogP contribution < -0.4 is 10.1 Å². The summed E-state index contributed by atoms with van der Waals surface area (Å²) in [6.45, 7) is 2.96. The Morgan fingerprint density at radius 2 is 1.97 bits per heavy atom. The predicted molar refractivity (Wildman–Crippen MR) is 122 cm³/mol. The van der Waals surface area contributed by atoms with Crippen molar-refractivity contribution in [2.75, 3.05) is 6.26 Å². The minimum Gasteiger partial charge on any atom is -0.490 e. The van der Waals surface area contributed by atoms with E-state index in [-0.39, 0.29) is 5.54 Å². The first-order valence-electron chi connectivity index (χ1n) is 10.6. The van der Waals surface area contributed by atoms with Gasteiger partial charge in [0.05, 0.1) is 11.1 Å². The Hall–Kier alpha value is -2.37. The number of rotatable bonds is 8. The van der Waals surface area contributed by atoms with E-state index >= 15 is 0 Å². The number of hydrogen-bond donors (Lipinski definition) is 1. The van der Waals surface area contributed by atoms with Gasteiger partial charge in [-0.3, -0.25) is 4.98 Å². The fourth-order valence-electron chi connectivity index (χ4n) is 3.94. The maximum Gasteiger partial charge on any atom is 0.127 e. The highest BCUT2D eigenvalue weighted by Crippen LogP contribution is 2.50. The molecule has 2 aliphatic carbocycles. The summed E-state index contributed by atoms with van der Waals surface area (Å²) >= 11 is 1.69. The summed E-state index contributed by atoms with van der Waals surface area (Å²) in [4.78, 5) is 8.96. The van der Waals surface area contributed by atoms with E-state index in [1.165, 1.54) is 27.8 Å². The minimum atomic E-state index is -0.0223. The predicted octanol–water partition coefficient (Wildman–Crippen LogP) is 5.49. The van der Waals surface area contributed by atoms with Crippen LogP contribution in [0.15, 0.2) is 60.0 Å². The Kier molecular flexibility index (Phi) is 5.25. The zero-order valence-electron chi connectivity index (χ0n) is 17.5. The number of aryl methyl sites for hydroxylation is 1. The van der Waals surface area contributed by atoms with Crippen LogP contribution in [0.25, 0.3) is 11.1 Å². The Morgan fingerprint density at radius 1 is 1.13 bits per heavy atom. The van der Waals surface area contributed by atoms with Crippen LogP contribution in [0.2, 0.25) is 0 Å². The van der Waals surface area contributed by atoms with Gasteiger partial charge in [-0.05, 0) is 79.3 Å². The Labute approximate surface area is 182 Å².